The molecule has 2 heteroatoms. The summed E-state index contributed by atoms with van der Waals surface area (Å²) < 4.78 is 0. The van der Waals surface area contributed by atoms with Gasteiger partial charge in [0.2, 0.25) is 0 Å². The quantitative estimate of drug-likeness (QED) is 0.246. The van der Waals surface area contributed by atoms with E-state index in [1.54, 1.807) is 0 Å². The van der Waals surface area contributed by atoms with E-state index in [4.69, 9.17) is 0 Å². The lowest BCUT2D eigenvalue weighted by atomic mass is 9.99. The Bertz CT molecular complexity index is 912. The Morgan fingerprint density at radius 1 is 0.467 bits per heavy atom. The van der Waals surface area contributed by atoms with Gasteiger partial charge in [0.15, 0.2) is 11.6 Å². The number of rotatable bonds is 12. The molecule has 0 N–H and O–H groups in total. The maximum Gasteiger partial charge on any atom is 0.162 e. The summed E-state index contributed by atoms with van der Waals surface area (Å²) in [5, 5.41) is 0. The number of ketones is 2. The number of benzene rings is 3. The van der Waals surface area contributed by atoms with E-state index in [9.17, 15) is 9.59 Å². The van der Waals surface area contributed by atoms with Crippen LogP contribution in [0.25, 0.3) is 0 Å². The van der Waals surface area contributed by atoms with E-state index in [1.165, 1.54) is 11.1 Å². The third-order valence-electron chi connectivity index (χ3n) is 5.45. The fourth-order valence-electron chi connectivity index (χ4n) is 3.64. The van der Waals surface area contributed by atoms with Crippen molar-refractivity contribution in [3.63, 3.8) is 0 Å². The molecule has 2 nitrogen and oxygen atoms in total. The number of carbonyl (C=O) groups excluding carboxylic acids is 2. The fourth-order valence-corrected chi connectivity index (χ4v) is 3.64. The highest BCUT2D eigenvalue weighted by Gasteiger charge is 2.07. The van der Waals surface area contributed by atoms with Crippen molar-refractivity contribution < 1.29 is 9.59 Å². The van der Waals surface area contributed by atoms with Crippen molar-refractivity contribution in [3.05, 3.63) is 107 Å². The number of aryl methyl sites for hydroxylation is 2. The van der Waals surface area contributed by atoms with Crippen LogP contribution in [0.1, 0.15) is 70.4 Å². The van der Waals surface area contributed by atoms with Crippen molar-refractivity contribution >= 4 is 11.6 Å². The zero-order valence-corrected chi connectivity index (χ0v) is 17.6. The number of hydrogen-bond donors (Lipinski definition) is 0. The molecule has 3 aromatic carbocycles. The van der Waals surface area contributed by atoms with Crippen LogP contribution in [0.2, 0.25) is 0 Å². The van der Waals surface area contributed by atoms with E-state index in [1.807, 2.05) is 48.5 Å². The summed E-state index contributed by atoms with van der Waals surface area (Å²) in [7, 11) is 0. The molecular formula is C28H30O2. The zero-order chi connectivity index (χ0) is 21.0. The van der Waals surface area contributed by atoms with Crippen LogP contribution in [-0.2, 0) is 12.8 Å². The van der Waals surface area contributed by atoms with Gasteiger partial charge in [-0.25, -0.2) is 0 Å². The minimum Gasteiger partial charge on any atom is -0.294 e. The molecule has 0 saturated heterocycles. The smallest absolute Gasteiger partial charge is 0.162 e. The van der Waals surface area contributed by atoms with E-state index in [-0.39, 0.29) is 11.6 Å². The largest absolute Gasteiger partial charge is 0.294 e. The van der Waals surface area contributed by atoms with Gasteiger partial charge in [-0.2, -0.15) is 0 Å². The van der Waals surface area contributed by atoms with E-state index in [0.29, 0.717) is 12.8 Å². The summed E-state index contributed by atoms with van der Waals surface area (Å²) in [5.74, 6) is 0.437. The van der Waals surface area contributed by atoms with Gasteiger partial charge >= 0.3 is 0 Å². The first-order valence-corrected chi connectivity index (χ1v) is 11.0. The van der Waals surface area contributed by atoms with E-state index < -0.39 is 0 Å². The molecule has 0 amide bonds. The Balaban J connectivity index is 1.33. The first-order chi connectivity index (χ1) is 14.7. The molecule has 0 aliphatic carbocycles. The monoisotopic (exact) mass is 398 g/mol. The SMILES string of the molecule is O=C(CCCCc1ccc(C(=O)CCCCc2ccccc2)cc1)c1ccccc1. The topological polar surface area (TPSA) is 34.1 Å². The van der Waals surface area contributed by atoms with Crippen molar-refractivity contribution in [2.45, 2.75) is 51.4 Å². The molecule has 0 atom stereocenters. The predicted molar refractivity (Wildman–Crippen MR) is 123 cm³/mol. The van der Waals surface area contributed by atoms with Crippen molar-refractivity contribution in [2.75, 3.05) is 0 Å². The number of carbonyl (C=O) groups is 2. The molecule has 0 unspecified atom stereocenters. The van der Waals surface area contributed by atoms with Crippen LogP contribution in [0.3, 0.4) is 0 Å². The van der Waals surface area contributed by atoms with Gasteiger partial charge in [0.25, 0.3) is 0 Å². The first kappa shape index (κ1) is 21.7. The van der Waals surface area contributed by atoms with E-state index in [0.717, 1.165) is 49.7 Å². The molecule has 0 radical (unpaired) electrons. The summed E-state index contributed by atoms with van der Waals surface area (Å²) in [6, 6.07) is 27.9. The summed E-state index contributed by atoms with van der Waals surface area (Å²) in [4.78, 5) is 24.5. The fraction of sp³-hybridized carbons (Fsp3) is 0.286. The molecule has 154 valence electrons. The van der Waals surface area contributed by atoms with Gasteiger partial charge in [0.1, 0.15) is 0 Å². The molecule has 3 aromatic rings. The highest BCUT2D eigenvalue weighted by Crippen LogP contribution is 2.14. The van der Waals surface area contributed by atoms with Gasteiger partial charge in [-0.05, 0) is 49.7 Å². The zero-order valence-electron chi connectivity index (χ0n) is 17.6. The molecular weight excluding hydrogens is 368 g/mol. The number of unbranched alkanes of at least 4 members (excludes halogenated alkanes) is 2. The summed E-state index contributed by atoms with van der Waals surface area (Å²) in [5.41, 5.74) is 4.16. The van der Waals surface area contributed by atoms with Crippen molar-refractivity contribution in [1.82, 2.24) is 0 Å². The normalized spacial score (nSPS) is 10.7. The maximum absolute atomic E-state index is 12.4. The molecule has 0 aliphatic heterocycles. The molecule has 0 aromatic heterocycles. The third-order valence-corrected chi connectivity index (χ3v) is 5.45. The second-order valence-electron chi connectivity index (χ2n) is 7.81. The number of hydrogen-bond acceptors (Lipinski definition) is 2. The highest BCUT2D eigenvalue weighted by atomic mass is 16.1. The average molecular weight is 399 g/mol. The Hall–Kier alpha value is -3.00. The van der Waals surface area contributed by atoms with Crippen LogP contribution < -0.4 is 0 Å². The molecule has 30 heavy (non-hydrogen) atoms. The molecule has 0 aliphatic rings. The molecule has 3 rings (SSSR count). The van der Waals surface area contributed by atoms with Crippen molar-refractivity contribution in [2.24, 2.45) is 0 Å². The van der Waals surface area contributed by atoms with Gasteiger partial charge in [-0.3, -0.25) is 9.59 Å². The molecule has 0 spiro atoms. The molecule has 0 fully saturated rings. The van der Waals surface area contributed by atoms with Gasteiger partial charge in [0, 0.05) is 24.0 Å². The van der Waals surface area contributed by atoms with Crippen LogP contribution in [0.5, 0.6) is 0 Å². The van der Waals surface area contributed by atoms with Gasteiger partial charge in [0.05, 0.1) is 0 Å². The van der Waals surface area contributed by atoms with Gasteiger partial charge in [-0.15, -0.1) is 0 Å². The lowest BCUT2D eigenvalue weighted by Crippen LogP contribution is -2.00. The van der Waals surface area contributed by atoms with Crippen LogP contribution in [0.4, 0.5) is 0 Å². The van der Waals surface area contributed by atoms with Crippen LogP contribution in [-0.4, -0.2) is 11.6 Å². The van der Waals surface area contributed by atoms with Crippen molar-refractivity contribution in [1.29, 1.82) is 0 Å². The molecule has 0 bridgehead atoms. The van der Waals surface area contributed by atoms with Gasteiger partial charge < -0.3 is 0 Å². The minimum atomic E-state index is 0.212. The Morgan fingerprint density at radius 3 is 1.43 bits per heavy atom. The molecule has 0 saturated carbocycles. The average Bonchev–Trinajstić information content (AvgIpc) is 2.81. The lowest BCUT2D eigenvalue weighted by molar-refractivity contribution is 0.0971. The highest BCUT2D eigenvalue weighted by molar-refractivity contribution is 5.96. The summed E-state index contributed by atoms with van der Waals surface area (Å²) in [6.45, 7) is 0. The van der Waals surface area contributed by atoms with Crippen LogP contribution in [0.15, 0.2) is 84.9 Å². The maximum atomic E-state index is 12.4. The summed E-state index contributed by atoms with van der Waals surface area (Å²) >= 11 is 0. The predicted octanol–water partition coefficient (Wildman–Crippen LogP) is 6.88. The first-order valence-electron chi connectivity index (χ1n) is 11.0. The van der Waals surface area contributed by atoms with Crippen LogP contribution >= 0.6 is 0 Å². The standard InChI is InChI=1S/C28H30O2/c29-27(25-15-5-2-6-16-25)17-10-8-14-24-19-21-26(22-20-24)28(30)18-9-7-13-23-11-3-1-4-12-23/h1-6,11-12,15-16,19-22H,7-10,13-14,17-18H2. The number of Topliss-reactive ketones (excluding diaryl/α,β-unsaturated/α-hetero) is 2. The van der Waals surface area contributed by atoms with Gasteiger partial charge in [-0.1, -0.05) is 84.9 Å². The van der Waals surface area contributed by atoms with Crippen molar-refractivity contribution in [3.8, 4) is 0 Å². The second-order valence-corrected chi connectivity index (χ2v) is 7.81. The minimum absolute atomic E-state index is 0.212. The Kier molecular flexibility index (Phi) is 8.59. The van der Waals surface area contributed by atoms with E-state index in [2.05, 4.69) is 36.4 Å². The van der Waals surface area contributed by atoms with E-state index >= 15 is 0 Å². The molecule has 0 heterocycles. The Morgan fingerprint density at radius 2 is 0.900 bits per heavy atom. The third kappa shape index (κ3) is 7.11. The lowest BCUT2D eigenvalue weighted by Gasteiger charge is -2.05. The Labute approximate surface area is 180 Å². The second kappa shape index (κ2) is 11.9. The summed E-state index contributed by atoms with van der Waals surface area (Å²) in [6.07, 6.45) is 6.98. The van der Waals surface area contributed by atoms with Crippen LogP contribution in [0, 0.1) is 0 Å².